The lowest BCUT2D eigenvalue weighted by molar-refractivity contribution is 0.100. The topological polar surface area (TPSA) is 77.9 Å². The van der Waals surface area contributed by atoms with Gasteiger partial charge < -0.3 is 9.47 Å². The molecule has 1 aromatic heterocycles. The standard InChI is InChI=1S/C18H18N2O4S/c1-23-10-4-5-14-11-15(13-19-12-14)18(21)20-25(3,22)17-8-6-16(24-2)7-9-17/h6-9,11-13H,10H2,1-3H3. The number of nitrogens with zero attached hydrogens (tertiary/aromatic N) is 2. The number of aromatic nitrogens is 1. The van der Waals surface area contributed by atoms with Gasteiger partial charge in [-0.15, -0.1) is 0 Å². The number of carbonyl (C=O) groups excluding carboxylic acids is 1. The Hall–Kier alpha value is -2.69. The van der Waals surface area contributed by atoms with Crippen LogP contribution in [0.1, 0.15) is 15.9 Å². The molecule has 2 aromatic rings. The molecule has 0 saturated heterocycles. The zero-order chi connectivity index (χ0) is 18.3. The van der Waals surface area contributed by atoms with Crippen molar-refractivity contribution in [2.75, 3.05) is 27.1 Å². The second-order valence-electron chi connectivity index (χ2n) is 5.07. The van der Waals surface area contributed by atoms with Gasteiger partial charge in [0.1, 0.15) is 12.4 Å². The summed E-state index contributed by atoms with van der Waals surface area (Å²) in [5, 5.41) is 0. The number of rotatable bonds is 4. The van der Waals surface area contributed by atoms with Crippen molar-refractivity contribution in [1.29, 1.82) is 0 Å². The van der Waals surface area contributed by atoms with Gasteiger partial charge in [0, 0.05) is 36.2 Å². The van der Waals surface area contributed by atoms with E-state index in [1.807, 2.05) is 0 Å². The first-order chi connectivity index (χ1) is 12.0. The summed E-state index contributed by atoms with van der Waals surface area (Å²) < 4.78 is 26.6. The van der Waals surface area contributed by atoms with Crippen molar-refractivity contribution in [2.45, 2.75) is 4.90 Å². The Balaban J connectivity index is 2.30. The van der Waals surface area contributed by atoms with Crippen molar-refractivity contribution < 1.29 is 18.5 Å². The lowest BCUT2D eigenvalue weighted by Gasteiger charge is -2.05. The molecule has 2 rings (SSSR count). The third kappa shape index (κ3) is 5.14. The fourth-order valence-corrected chi connectivity index (χ4v) is 3.10. The number of ether oxygens (including phenoxy) is 2. The molecular weight excluding hydrogens is 340 g/mol. The fourth-order valence-electron chi connectivity index (χ4n) is 1.93. The molecular formula is C18H18N2O4S. The van der Waals surface area contributed by atoms with Crippen molar-refractivity contribution in [1.82, 2.24) is 4.98 Å². The second-order valence-corrected chi connectivity index (χ2v) is 7.33. The average molecular weight is 358 g/mol. The molecule has 0 bridgehead atoms. The summed E-state index contributed by atoms with van der Waals surface area (Å²) in [6, 6.07) is 8.16. The molecule has 0 radical (unpaired) electrons. The molecule has 0 spiro atoms. The maximum absolute atomic E-state index is 12.8. The number of benzene rings is 1. The van der Waals surface area contributed by atoms with Crippen LogP contribution in [0.25, 0.3) is 0 Å². The van der Waals surface area contributed by atoms with E-state index < -0.39 is 15.6 Å². The van der Waals surface area contributed by atoms with Crippen molar-refractivity contribution in [3.63, 3.8) is 0 Å². The highest BCUT2D eigenvalue weighted by atomic mass is 32.2. The fraction of sp³-hybridized carbons (Fsp3) is 0.222. The number of methoxy groups -OCH3 is 2. The highest BCUT2D eigenvalue weighted by Gasteiger charge is 2.12. The molecule has 6 nitrogen and oxygen atoms in total. The van der Waals surface area contributed by atoms with Crippen LogP contribution in [-0.4, -0.2) is 42.2 Å². The summed E-state index contributed by atoms with van der Waals surface area (Å²) >= 11 is 0. The van der Waals surface area contributed by atoms with Crippen LogP contribution >= 0.6 is 0 Å². The average Bonchev–Trinajstić information content (AvgIpc) is 2.62. The zero-order valence-electron chi connectivity index (χ0n) is 14.2. The Morgan fingerprint density at radius 3 is 2.60 bits per heavy atom. The largest absolute Gasteiger partial charge is 0.497 e. The Morgan fingerprint density at radius 2 is 1.96 bits per heavy atom. The molecule has 1 heterocycles. The summed E-state index contributed by atoms with van der Waals surface area (Å²) in [5.74, 6) is 5.64. The van der Waals surface area contributed by atoms with Gasteiger partial charge in [0.2, 0.25) is 0 Å². The molecule has 0 saturated carbocycles. The number of amides is 1. The van der Waals surface area contributed by atoms with Crippen LogP contribution in [0.3, 0.4) is 0 Å². The number of hydrogen-bond acceptors (Lipinski definition) is 5. The van der Waals surface area contributed by atoms with Gasteiger partial charge in [-0.1, -0.05) is 11.8 Å². The first-order valence-electron chi connectivity index (χ1n) is 7.29. The molecule has 25 heavy (non-hydrogen) atoms. The van der Waals surface area contributed by atoms with Crippen molar-refractivity contribution in [2.24, 2.45) is 4.36 Å². The Bertz CT molecular complexity index is 934. The van der Waals surface area contributed by atoms with Gasteiger partial charge in [0.15, 0.2) is 0 Å². The minimum atomic E-state index is -2.88. The van der Waals surface area contributed by atoms with Crippen LogP contribution in [0.15, 0.2) is 52.0 Å². The van der Waals surface area contributed by atoms with E-state index >= 15 is 0 Å². The van der Waals surface area contributed by atoms with Crippen molar-refractivity contribution >= 4 is 15.6 Å². The van der Waals surface area contributed by atoms with Gasteiger partial charge in [0.05, 0.1) is 22.4 Å². The van der Waals surface area contributed by atoms with Crippen LogP contribution in [0.4, 0.5) is 0 Å². The van der Waals surface area contributed by atoms with E-state index in [1.54, 1.807) is 44.6 Å². The molecule has 0 aliphatic heterocycles. The first kappa shape index (κ1) is 18.6. The van der Waals surface area contributed by atoms with Crippen LogP contribution in [0, 0.1) is 11.8 Å². The molecule has 0 aliphatic rings. The quantitative estimate of drug-likeness (QED) is 0.784. The van der Waals surface area contributed by atoms with Gasteiger partial charge >= 0.3 is 0 Å². The van der Waals surface area contributed by atoms with Crippen LogP contribution in [0.5, 0.6) is 5.75 Å². The van der Waals surface area contributed by atoms with Crippen molar-refractivity contribution in [3.8, 4) is 17.6 Å². The Labute approximate surface area is 147 Å². The maximum atomic E-state index is 12.8. The number of pyridine rings is 1. The Morgan fingerprint density at radius 1 is 1.24 bits per heavy atom. The van der Waals surface area contributed by atoms with Gasteiger partial charge in [-0.3, -0.25) is 9.78 Å². The molecule has 0 N–H and O–H groups in total. The lowest BCUT2D eigenvalue weighted by atomic mass is 10.2. The van der Waals surface area contributed by atoms with E-state index in [9.17, 15) is 9.00 Å². The summed E-state index contributed by atoms with van der Waals surface area (Å²) in [7, 11) is 0.207. The van der Waals surface area contributed by atoms with E-state index in [0.717, 1.165) is 0 Å². The third-order valence-corrected chi connectivity index (χ3v) is 4.85. The molecule has 7 heteroatoms. The third-order valence-electron chi connectivity index (χ3n) is 3.19. The lowest BCUT2D eigenvalue weighted by Crippen LogP contribution is -2.04. The molecule has 1 atom stereocenters. The van der Waals surface area contributed by atoms with E-state index in [-0.39, 0.29) is 12.2 Å². The predicted molar refractivity (Wildman–Crippen MR) is 95.1 cm³/mol. The highest BCUT2D eigenvalue weighted by Crippen LogP contribution is 2.18. The zero-order valence-corrected chi connectivity index (χ0v) is 15.0. The SMILES string of the molecule is COCC#Cc1cncc(C(=O)N=S(C)(=O)c2ccc(OC)cc2)c1. The monoisotopic (exact) mass is 358 g/mol. The van der Waals surface area contributed by atoms with Crippen LogP contribution in [0.2, 0.25) is 0 Å². The maximum Gasteiger partial charge on any atom is 0.286 e. The smallest absolute Gasteiger partial charge is 0.286 e. The van der Waals surface area contributed by atoms with Crippen LogP contribution in [-0.2, 0) is 14.5 Å². The van der Waals surface area contributed by atoms with E-state index in [4.69, 9.17) is 9.47 Å². The Kier molecular flexibility index (Phi) is 6.28. The van der Waals surface area contributed by atoms with E-state index in [1.165, 1.54) is 18.6 Å². The molecule has 0 fully saturated rings. The predicted octanol–water partition coefficient (Wildman–Crippen LogP) is 2.39. The van der Waals surface area contributed by atoms with Crippen molar-refractivity contribution in [3.05, 3.63) is 53.9 Å². The summed E-state index contributed by atoms with van der Waals surface area (Å²) in [4.78, 5) is 16.8. The van der Waals surface area contributed by atoms with E-state index in [0.29, 0.717) is 16.2 Å². The first-order valence-corrected chi connectivity index (χ1v) is 9.22. The second kappa shape index (κ2) is 8.42. The number of carbonyl (C=O) groups is 1. The molecule has 0 aliphatic carbocycles. The molecule has 1 amide bonds. The van der Waals surface area contributed by atoms with Gasteiger partial charge in [0.25, 0.3) is 5.91 Å². The molecule has 130 valence electrons. The minimum absolute atomic E-state index is 0.229. The van der Waals surface area contributed by atoms with E-state index in [2.05, 4.69) is 21.2 Å². The summed E-state index contributed by atoms with van der Waals surface area (Å²) in [5.41, 5.74) is 0.789. The highest BCUT2D eigenvalue weighted by molar-refractivity contribution is 7.93. The molecule has 1 unspecified atom stereocenters. The summed E-state index contributed by atoms with van der Waals surface area (Å²) in [6.45, 7) is 0.281. The van der Waals surface area contributed by atoms with Gasteiger partial charge in [-0.2, -0.15) is 4.36 Å². The normalized spacial score (nSPS) is 12.4. The van der Waals surface area contributed by atoms with Gasteiger partial charge in [-0.25, -0.2) is 4.21 Å². The van der Waals surface area contributed by atoms with Crippen LogP contribution < -0.4 is 4.74 Å². The van der Waals surface area contributed by atoms with Gasteiger partial charge in [-0.05, 0) is 30.3 Å². The number of hydrogen-bond donors (Lipinski definition) is 0. The minimum Gasteiger partial charge on any atom is -0.497 e. The summed E-state index contributed by atoms with van der Waals surface area (Å²) in [6.07, 6.45) is 4.32. The molecule has 1 aromatic carbocycles.